The van der Waals surface area contributed by atoms with Crippen LogP contribution in [0.5, 0.6) is 0 Å². The van der Waals surface area contributed by atoms with Gasteiger partial charge in [0.2, 0.25) is 5.91 Å². The van der Waals surface area contributed by atoms with Crippen molar-refractivity contribution in [1.29, 1.82) is 0 Å². The smallest absolute Gasteiger partial charge is 0.273 e. The largest absolute Gasteiger partial charge is 0.393 e. The molecule has 0 bridgehead atoms. The number of rotatable bonds is 6. The van der Waals surface area contributed by atoms with E-state index in [1.165, 1.54) is 6.07 Å². The van der Waals surface area contributed by atoms with Gasteiger partial charge in [0, 0.05) is 17.7 Å². The minimum absolute atomic E-state index is 0.0404. The Morgan fingerprint density at radius 1 is 1.42 bits per heavy atom. The third-order valence-corrected chi connectivity index (χ3v) is 2.64. The zero-order chi connectivity index (χ0) is 14.4. The van der Waals surface area contributed by atoms with Crippen LogP contribution in [0.15, 0.2) is 24.3 Å². The van der Waals surface area contributed by atoms with Gasteiger partial charge in [-0.15, -0.1) is 0 Å². The van der Waals surface area contributed by atoms with E-state index in [4.69, 9.17) is 0 Å². The highest BCUT2D eigenvalue weighted by Crippen LogP contribution is 2.18. The maximum atomic E-state index is 11.8. The number of nitro benzene ring substituents is 1. The molecule has 6 nitrogen and oxygen atoms in total. The maximum absolute atomic E-state index is 11.8. The number of benzene rings is 1. The van der Waals surface area contributed by atoms with Crippen molar-refractivity contribution in [3.05, 3.63) is 39.9 Å². The van der Waals surface area contributed by atoms with E-state index in [0.717, 1.165) is 0 Å². The lowest BCUT2D eigenvalue weighted by Crippen LogP contribution is -2.35. The van der Waals surface area contributed by atoms with Gasteiger partial charge in [-0.05, 0) is 20.3 Å². The van der Waals surface area contributed by atoms with Gasteiger partial charge in [0.05, 0.1) is 17.4 Å². The Hall–Kier alpha value is -1.95. The fourth-order valence-corrected chi connectivity index (χ4v) is 1.91. The monoisotopic (exact) mass is 266 g/mol. The Morgan fingerprint density at radius 2 is 2.05 bits per heavy atom. The molecule has 0 aliphatic heterocycles. The summed E-state index contributed by atoms with van der Waals surface area (Å²) in [5, 5.41) is 22.7. The first kappa shape index (κ1) is 15.1. The summed E-state index contributed by atoms with van der Waals surface area (Å²) in [6.07, 6.45) is -0.0921. The molecule has 1 rings (SSSR count). The molecule has 1 amide bonds. The van der Waals surface area contributed by atoms with Gasteiger partial charge in [-0.3, -0.25) is 14.9 Å². The number of carbonyl (C=O) groups is 1. The van der Waals surface area contributed by atoms with Gasteiger partial charge in [0.25, 0.3) is 5.69 Å². The lowest BCUT2D eigenvalue weighted by Gasteiger charge is -2.15. The molecule has 2 N–H and O–H groups in total. The molecule has 0 heterocycles. The van der Waals surface area contributed by atoms with Crippen LogP contribution in [0.4, 0.5) is 5.69 Å². The first-order valence-electron chi connectivity index (χ1n) is 6.10. The van der Waals surface area contributed by atoms with E-state index in [1.54, 1.807) is 32.0 Å². The van der Waals surface area contributed by atoms with Gasteiger partial charge >= 0.3 is 0 Å². The Labute approximate surface area is 111 Å². The minimum atomic E-state index is -0.499. The zero-order valence-corrected chi connectivity index (χ0v) is 11.0. The molecular formula is C13H18N2O4. The van der Waals surface area contributed by atoms with Gasteiger partial charge in [-0.1, -0.05) is 18.2 Å². The molecule has 0 radical (unpaired) electrons. The number of hydrogen-bond acceptors (Lipinski definition) is 4. The number of nitro groups is 1. The molecular weight excluding hydrogens is 248 g/mol. The van der Waals surface area contributed by atoms with Crippen molar-refractivity contribution in [2.75, 3.05) is 0 Å². The van der Waals surface area contributed by atoms with Crippen LogP contribution < -0.4 is 5.32 Å². The summed E-state index contributed by atoms with van der Waals surface area (Å²) in [6, 6.07) is 6.00. The summed E-state index contributed by atoms with van der Waals surface area (Å²) < 4.78 is 0. The van der Waals surface area contributed by atoms with Crippen LogP contribution in [0, 0.1) is 10.1 Å². The topological polar surface area (TPSA) is 92.5 Å². The number of carbonyl (C=O) groups excluding carboxylic acids is 1. The normalized spacial score (nSPS) is 13.6. The molecule has 0 spiro atoms. The van der Waals surface area contributed by atoms with E-state index in [1.807, 2.05) is 0 Å². The van der Waals surface area contributed by atoms with E-state index in [0.29, 0.717) is 12.0 Å². The number of hydrogen-bond donors (Lipinski definition) is 2. The van der Waals surface area contributed by atoms with Crippen molar-refractivity contribution in [3.8, 4) is 0 Å². The highest BCUT2D eigenvalue weighted by Gasteiger charge is 2.16. The second-order valence-corrected chi connectivity index (χ2v) is 4.62. The molecule has 0 aromatic heterocycles. The highest BCUT2D eigenvalue weighted by molar-refractivity contribution is 5.80. The standard InChI is InChI=1S/C13H18N2O4/c1-9(7-10(2)16)14-13(17)8-11-5-3-4-6-12(11)15(18)19/h3-6,9-10,16H,7-8H2,1-2H3,(H,14,17). The van der Waals surface area contributed by atoms with E-state index in [9.17, 15) is 20.0 Å². The van der Waals surface area contributed by atoms with Crippen LogP contribution in [-0.2, 0) is 11.2 Å². The molecule has 1 aromatic carbocycles. The van der Waals surface area contributed by atoms with Crippen LogP contribution in [0.1, 0.15) is 25.8 Å². The zero-order valence-electron chi connectivity index (χ0n) is 11.0. The first-order chi connectivity index (χ1) is 8.90. The van der Waals surface area contributed by atoms with Gasteiger partial charge in [-0.25, -0.2) is 0 Å². The van der Waals surface area contributed by atoms with E-state index < -0.39 is 11.0 Å². The molecule has 0 saturated carbocycles. The lowest BCUT2D eigenvalue weighted by molar-refractivity contribution is -0.385. The van der Waals surface area contributed by atoms with Crippen molar-refractivity contribution in [2.24, 2.45) is 0 Å². The molecule has 19 heavy (non-hydrogen) atoms. The third-order valence-electron chi connectivity index (χ3n) is 2.64. The summed E-state index contributed by atoms with van der Waals surface area (Å²) in [7, 11) is 0. The highest BCUT2D eigenvalue weighted by atomic mass is 16.6. The molecule has 104 valence electrons. The van der Waals surface area contributed by atoms with E-state index in [-0.39, 0.29) is 24.1 Å². The Kier molecular flexibility index (Phi) is 5.44. The average Bonchev–Trinajstić information content (AvgIpc) is 2.27. The van der Waals surface area contributed by atoms with Crippen LogP contribution in [0.3, 0.4) is 0 Å². The molecule has 0 saturated heterocycles. The molecule has 0 aliphatic carbocycles. The van der Waals surface area contributed by atoms with Crippen LogP contribution in [0.2, 0.25) is 0 Å². The molecule has 0 aliphatic rings. The molecule has 6 heteroatoms. The summed E-state index contributed by atoms with van der Waals surface area (Å²) in [6.45, 7) is 3.43. The fourth-order valence-electron chi connectivity index (χ4n) is 1.91. The molecule has 2 atom stereocenters. The van der Waals surface area contributed by atoms with Crippen molar-refractivity contribution in [3.63, 3.8) is 0 Å². The predicted octanol–water partition coefficient (Wildman–Crippen LogP) is 1.41. The number of aliphatic hydroxyl groups excluding tert-OH is 1. The minimum Gasteiger partial charge on any atom is -0.393 e. The number of aliphatic hydroxyl groups is 1. The third kappa shape index (κ3) is 5.05. The number of amides is 1. The van der Waals surface area contributed by atoms with Gasteiger partial charge < -0.3 is 10.4 Å². The fraction of sp³-hybridized carbons (Fsp3) is 0.462. The molecule has 2 unspecified atom stereocenters. The molecule has 1 aromatic rings. The van der Waals surface area contributed by atoms with E-state index in [2.05, 4.69) is 5.32 Å². The predicted molar refractivity (Wildman–Crippen MR) is 70.7 cm³/mol. The van der Waals surface area contributed by atoms with Crippen molar-refractivity contribution in [2.45, 2.75) is 38.8 Å². The van der Waals surface area contributed by atoms with Crippen molar-refractivity contribution < 1.29 is 14.8 Å². The second kappa shape index (κ2) is 6.84. The Balaban J connectivity index is 2.65. The van der Waals surface area contributed by atoms with Crippen LogP contribution in [-0.4, -0.2) is 28.1 Å². The van der Waals surface area contributed by atoms with Crippen molar-refractivity contribution in [1.82, 2.24) is 5.32 Å². The lowest BCUT2D eigenvalue weighted by atomic mass is 10.1. The SMILES string of the molecule is CC(O)CC(C)NC(=O)Cc1ccccc1[N+](=O)[O-]. The Bertz CT molecular complexity index is 460. The quantitative estimate of drug-likeness (QED) is 0.601. The van der Waals surface area contributed by atoms with Crippen LogP contribution in [0.25, 0.3) is 0 Å². The summed E-state index contributed by atoms with van der Waals surface area (Å²) in [5.74, 6) is -0.289. The summed E-state index contributed by atoms with van der Waals surface area (Å²) in [5.41, 5.74) is 0.329. The Morgan fingerprint density at radius 3 is 2.63 bits per heavy atom. The average molecular weight is 266 g/mol. The van der Waals surface area contributed by atoms with Gasteiger partial charge in [-0.2, -0.15) is 0 Å². The number of nitrogens with zero attached hydrogens (tertiary/aromatic N) is 1. The first-order valence-corrected chi connectivity index (χ1v) is 6.10. The molecule has 0 fully saturated rings. The maximum Gasteiger partial charge on any atom is 0.273 e. The van der Waals surface area contributed by atoms with E-state index >= 15 is 0 Å². The van der Waals surface area contributed by atoms with Crippen LogP contribution >= 0.6 is 0 Å². The number of nitrogens with one attached hydrogen (secondary N) is 1. The second-order valence-electron chi connectivity index (χ2n) is 4.62. The summed E-state index contributed by atoms with van der Waals surface area (Å²) in [4.78, 5) is 22.1. The van der Waals surface area contributed by atoms with Gasteiger partial charge in [0.15, 0.2) is 0 Å². The summed E-state index contributed by atoms with van der Waals surface area (Å²) >= 11 is 0. The van der Waals surface area contributed by atoms with Crippen molar-refractivity contribution >= 4 is 11.6 Å². The van der Waals surface area contributed by atoms with Gasteiger partial charge in [0.1, 0.15) is 0 Å². The number of para-hydroxylation sites is 1.